The summed E-state index contributed by atoms with van der Waals surface area (Å²) < 4.78 is 14.1. The number of carbonyl (C=O) groups excluding carboxylic acids is 1. The fraction of sp³-hybridized carbons (Fsp3) is 0.381. The van der Waals surface area contributed by atoms with Crippen LogP contribution in [0.25, 0.3) is 11.1 Å². The third kappa shape index (κ3) is 3.90. The molecular formula is C21H23FN2O3. The number of nitrogens with zero attached hydrogens (tertiary/aromatic N) is 1. The van der Waals surface area contributed by atoms with Crippen molar-refractivity contribution in [3.05, 3.63) is 53.6 Å². The zero-order valence-corrected chi connectivity index (χ0v) is 15.2. The molecule has 1 saturated heterocycles. The lowest BCUT2D eigenvalue weighted by atomic mass is 9.73. The second-order valence-electron chi connectivity index (χ2n) is 6.91. The lowest BCUT2D eigenvalue weighted by Gasteiger charge is -2.36. The number of aldehydes is 1. The maximum Gasteiger partial charge on any atom is 0.306 e. The molecule has 3 rings (SSSR count). The van der Waals surface area contributed by atoms with Crippen LogP contribution in [0.1, 0.15) is 41.7 Å². The highest BCUT2D eigenvalue weighted by molar-refractivity contribution is 5.78. The summed E-state index contributed by atoms with van der Waals surface area (Å²) in [6.45, 7) is 3.30. The van der Waals surface area contributed by atoms with E-state index in [0.29, 0.717) is 24.8 Å². The summed E-state index contributed by atoms with van der Waals surface area (Å²) in [5, 5.41) is 13.0. The zero-order valence-electron chi connectivity index (χ0n) is 15.2. The van der Waals surface area contributed by atoms with E-state index >= 15 is 0 Å². The van der Waals surface area contributed by atoms with Crippen molar-refractivity contribution in [2.45, 2.75) is 25.7 Å². The SMILES string of the molecule is CCC(C(=O)O)C1CCNCC1c1ncccc1-c1ccc(C=O)c(F)c1. The minimum absolute atomic E-state index is 0.0123. The molecule has 2 heterocycles. The number of carboxylic acid groups (broad SMARTS) is 1. The van der Waals surface area contributed by atoms with Gasteiger partial charge >= 0.3 is 5.97 Å². The number of hydrogen-bond donors (Lipinski definition) is 2. The fourth-order valence-corrected chi connectivity index (χ4v) is 4.07. The van der Waals surface area contributed by atoms with E-state index < -0.39 is 17.7 Å². The summed E-state index contributed by atoms with van der Waals surface area (Å²) in [6.07, 6.45) is 3.48. The smallest absolute Gasteiger partial charge is 0.306 e. The number of rotatable bonds is 6. The largest absolute Gasteiger partial charge is 0.481 e. The summed E-state index contributed by atoms with van der Waals surface area (Å²) in [5.74, 6) is -1.92. The minimum atomic E-state index is -0.784. The molecule has 5 nitrogen and oxygen atoms in total. The summed E-state index contributed by atoms with van der Waals surface area (Å²) >= 11 is 0. The second kappa shape index (κ2) is 8.39. The molecule has 1 aromatic carbocycles. The minimum Gasteiger partial charge on any atom is -0.481 e. The molecule has 3 atom stereocenters. The Morgan fingerprint density at radius 2 is 2.26 bits per heavy atom. The Morgan fingerprint density at radius 3 is 2.93 bits per heavy atom. The molecule has 0 saturated carbocycles. The lowest BCUT2D eigenvalue weighted by molar-refractivity contribution is -0.144. The predicted octanol–water partition coefficient (Wildman–Crippen LogP) is 3.50. The van der Waals surface area contributed by atoms with Crippen molar-refractivity contribution >= 4 is 12.3 Å². The Balaban J connectivity index is 2.05. The van der Waals surface area contributed by atoms with Gasteiger partial charge in [0.25, 0.3) is 0 Å². The van der Waals surface area contributed by atoms with Crippen molar-refractivity contribution in [3.63, 3.8) is 0 Å². The van der Waals surface area contributed by atoms with Crippen LogP contribution in [0.5, 0.6) is 0 Å². The molecule has 2 aromatic rings. The topological polar surface area (TPSA) is 79.3 Å². The number of nitrogens with one attached hydrogen (secondary N) is 1. The van der Waals surface area contributed by atoms with Crippen LogP contribution in [0.15, 0.2) is 36.5 Å². The van der Waals surface area contributed by atoms with E-state index in [1.54, 1.807) is 18.3 Å². The molecule has 3 unspecified atom stereocenters. The second-order valence-corrected chi connectivity index (χ2v) is 6.91. The maximum atomic E-state index is 14.1. The molecule has 1 aliphatic rings. The number of carboxylic acids is 1. The number of benzene rings is 1. The van der Waals surface area contributed by atoms with E-state index in [1.807, 2.05) is 13.0 Å². The van der Waals surface area contributed by atoms with Gasteiger partial charge in [-0.05, 0) is 49.1 Å². The molecule has 0 aliphatic carbocycles. The van der Waals surface area contributed by atoms with E-state index in [-0.39, 0.29) is 17.4 Å². The lowest BCUT2D eigenvalue weighted by Crippen LogP contribution is -2.41. The van der Waals surface area contributed by atoms with Crippen LogP contribution < -0.4 is 5.32 Å². The Labute approximate surface area is 157 Å². The van der Waals surface area contributed by atoms with Gasteiger partial charge in [0.15, 0.2) is 6.29 Å². The van der Waals surface area contributed by atoms with Crippen molar-refractivity contribution in [3.8, 4) is 11.1 Å². The van der Waals surface area contributed by atoms with Gasteiger partial charge in [0.05, 0.1) is 17.2 Å². The van der Waals surface area contributed by atoms with Crippen LogP contribution in [-0.4, -0.2) is 35.4 Å². The molecule has 1 aliphatic heterocycles. The van der Waals surface area contributed by atoms with Gasteiger partial charge < -0.3 is 10.4 Å². The molecule has 0 amide bonds. The van der Waals surface area contributed by atoms with Crippen LogP contribution >= 0.6 is 0 Å². The van der Waals surface area contributed by atoms with E-state index in [1.165, 1.54) is 12.1 Å². The van der Waals surface area contributed by atoms with Gasteiger partial charge in [-0.3, -0.25) is 14.6 Å². The van der Waals surface area contributed by atoms with E-state index in [9.17, 15) is 19.1 Å². The molecule has 1 fully saturated rings. The Kier molecular flexibility index (Phi) is 5.96. The summed E-state index contributed by atoms with van der Waals surface area (Å²) in [4.78, 5) is 27.2. The maximum absolute atomic E-state index is 14.1. The van der Waals surface area contributed by atoms with E-state index in [0.717, 1.165) is 24.2 Å². The number of piperidine rings is 1. The van der Waals surface area contributed by atoms with Crippen molar-refractivity contribution in [2.24, 2.45) is 11.8 Å². The first-order valence-corrected chi connectivity index (χ1v) is 9.20. The van der Waals surface area contributed by atoms with Gasteiger partial charge in [-0.25, -0.2) is 4.39 Å². The quantitative estimate of drug-likeness (QED) is 0.761. The van der Waals surface area contributed by atoms with Gasteiger partial charge in [-0.1, -0.05) is 19.1 Å². The van der Waals surface area contributed by atoms with E-state index in [2.05, 4.69) is 10.3 Å². The zero-order chi connectivity index (χ0) is 19.4. The van der Waals surface area contributed by atoms with Crippen molar-refractivity contribution in [1.82, 2.24) is 10.3 Å². The number of aromatic nitrogens is 1. The van der Waals surface area contributed by atoms with Gasteiger partial charge in [-0.15, -0.1) is 0 Å². The normalized spacial score (nSPS) is 20.8. The monoisotopic (exact) mass is 370 g/mol. The average Bonchev–Trinajstić information content (AvgIpc) is 2.68. The molecule has 0 spiro atoms. The van der Waals surface area contributed by atoms with Gasteiger partial charge in [0.2, 0.25) is 0 Å². The summed E-state index contributed by atoms with van der Waals surface area (Å²) in [7, 11) is 0. The number of pyridine rings is 1. The van der Waals surface area contributed by atoms with Crippen molar-refractivity contribution in [1.29, 1.82) is 0 Å². The highest BCUT2D eigenvalue weighted by Gasteiger charge is 2.37. The van der Waals surface area contributed by atoms with Crippen LogP contribution in [0.4, 0.5) is 4.39 Å². The third-order valence-electron chi connectivity index (χ3n) is 5.44. The molecule has 1 aromatic heterocycles. The first-order chi connectivity index (χ1) is 13.1. The van der Waals surface area contributed by atoms with Crippen LogP contribution in [0.3, 0.4) is 0 Å². The number of carbonyl (C=O) groups is 2. The van der Waals surface area contributed by atoms with E-state index in [4.69, 9.17) is 0 Å². The first-order valence-electron chi connectivity index (χ1n) is 9.20. The highest BCUT2D eigenvalue weighted by atomic mass is 19.1. The van der Waals surface area contributed by atoms with Crippen molar-refractivity contribution in [2.75, 3.05) is 13.1 Å². The van der Waals surface area contributed by atoms with Crippen LogP contribution in [0.2, 0.25) is 0 Å². The molecule has 2 N–H and O–H groups in total. The summed E-state index contributed by atoms with van der Waals surface area (Å²) in [6, 6.07) is 8.14. The molecule has 142 valence electrons. The van der Waals surface area contributed by atoms with Crippen LogP contribution in [0, 0.1) is 17.7 Å². The van der Waals surface area contributed by atoms with Crippen LogP contribution in [-0.2, 0) is 4.79 Å². The fourth-order valence-electron chi connectivity index (χ4n) is 4.07. The molecular weight excluding hydrogens is 347 g/mol. The number of hydrogen-bond acceptors (Lipinski definition) is 4. The third-order valence-corrected chi connectivity index (χ3v) is 5.44. The molecule has 0 bridgehead atoms. The van der Waals surface area contributed by atoms with Gasteiger partial charge in [0.1, 0.15) is 5.82 Å². The molecule has 6 heteroatoms. The Morgan fingerprint density at radius 1 is 1.44 bits per heavy atom. The van der Waals surface area contributed by atoms with Gasteiger partial charge in [-0.2, -0.15) is 0 Å². The first kappa shape index (κ1) is 19.2. The number of halogens is 1. The Bertz CT molecular complexity index is 840. The molecule has 27 heavy (non-hydrogen) atoms. The standard InChI is InChI=1S/C21H23FN2O3/c1-2-15(21(26)27)17-7-9-23-11-18(17)20-16(4-3-8-24-20)13-5-6-14(12-25)19(22)10-13/h3-6,8,10,12,15,17-18,23H,2,7,9,11H2,1H3,(H,26,27). The molecule has 0 radical (unpaired) electrons. The Hall–Kier alpha value is -2.60. The highest BCUT2D eigenvalue weighted by Crippen LogP contribution is 2.39. The predicted molar refractivity (Wildman–Crippen MR) is 100 cm³/mol. The van der Waals surface area contributed by atoms with Crippen molar-refractivity contribution < 1.29 is 19.1 Å². The number of aliphatic carboxylic acids is 1. The average molecular weight is 370 g/mol. The summed E-state index contributed by atoms with van der Waals surface area (Å²) in [5.41, 5.74) is 2.19. The van der Waals surface area contributed by atoms with Gasteiger partial charge in [0, 0.05) is 24.2 Å².